The number of benzene rings is 3. The average Bonchev–Trinajstić information content (AvgIpc) is 2.92. The fourth-order valence-electron chi connectivity index (χ4n) is 4.30. The highest BCUT2D eigenvalue weighted by atomic mass is 32.2. The van der Waals surface area contributed by atoms with Gasteiger partial charge in [0, 0.05) is 44.0 Å². The maximum Gasteiger partial charge on any atom is 0.416 e. The van der Waals surface area contributed by atoms with Gasteiger partial charge in [-0.05, 0) is 48.4 Å². The van der Waals surface area contributed by atoms with Crippen molar-refractivity contribution < 1.29 is 31.1 Å². The smallest absolute Gasteiger partial charge is 0.416 e. The largest absolute Gasteiger partial charge is 0.495 e. The van der Waals surface area contributed by atoms with Crippen molar-refractivity contribution in [3.63, 3.8) is 0 Å². The molecule has 1 aliphatic rings. The maximum atomic E-state index is 13.2. The molecular weight excluding hydrogens is 519 g/mol. The van der Waals surface area contributed by atoms with Crippen LogP contribution in [-0.2, 0) is 22.6 Å². The first kappa shape index (κ1) is 27.5. The fourth-order valence-corrected chi connectivity index (χ4v) is 5.53. The minimum absolute atomic E-state index is 0.114. The summed E-state index contributed by atoms with van der Waals surface area (Å²) in [6, 6.07) is 18.8. The van der Waals surface area contributed by atoms with E-state index in [0.717, 1.165) is 17.7 Å². The number of nitrogens with one attached hydrogen (secondary N) is 1. The number of nitrogens with zero attached hydrogens (tertiary/aromatic N) is 2. The van der Waals surface area contributed by atoms with Crippen LogP contribution in [0.1, 0.15) is 21.5 Å². The molecule has 4 rings (SSSR count). The molecule has 0 bridgehead atoms. The SMILES string of the molecule is COc1ccc(C(=O)N2CCN(c3cccc(C(F)(F)F)c3)CC2)cc1S(=O)(=O)NCCc1ccccc1. The number of alkyl halides is 3. The summed E-state index contributed by atoms with van der Waals surface area (Å²) in [5.74, 6) is -0.250. The van der Waals surface area contributed by atoms with Crippen LogP contribution >= 0.6 is 0 Å². The van der Waals surface area contributed by atoms with Gasteiger partial charge >= 0.3 is 6.18 Å². The van der Waals surface area contributed by atoms with Crippen LogP contribution in [0.3, 0.4) is 0 Å². The highest BCUT2D eigenvalue weighted by Gasteiger charge is 2.31. The van der Waals surface area contributed by atoms with E-state index in [2.05, 4.69) is 4.72 Å². The number of carbonyl (C=O) groups excluding carboxylic acids is 1. The molecule has 1 aliphatic heterocycles. The van der Waals surface area contributed by atoms with Crippen molar-refractivity contribution in [3.05, 3.63) is 89.5 Å². The van der Waals surface area contributed by atoms with Crippen LogP contribution in [0.5, 0.6) is 5.75 Å². The lowest BCUT2D eigenvalue weighted by Gasteiger charge is -2.36. The molecule has 0 saturated carbocycles. The van der Waals surface area contributed by atoms with E-state index in [-0.39, 0.29) is 41.7 Å². The molecule has 7 nitrogen and oxygen atoms in total. The number of piperazine rings is 1. The number of carbonyl (C=O) groups is 1. The van der Waals surface area contributed by atoms with E-state index >= 15 is 0 Å². The Balaban J connectivity index is 1.43. The molecule has 0 unspecified atom stereocenters. The summed E-state index contributed by atoms with van der Waals surface area (Å²) in [6.07, 6.45) is -3.94. The summed E-state index contributed by atoms with van der Waals surface area (Å²) >= 11 is 0. The Hall–Kier alpha value is -3.57. The number of hydrogen-bond donors (Lipinski definition) is 1. The van der Waals surface area contributed by atoms with Crippen LogP contribution in [-0.4, -0.2) is 59.1 Å². The summed E-state index contributed by atoms with van der Waals surface area (Å²) in [5, 5.41) is 0. The van der Waals surface area contributed by atoms with Gasteiger partial charge < -0.3 is 14.5 Å². The molecule has 3 aromatic rings. The van der Waals surface area contributed by atoms with Crippen molar-refractivity contribution in [2.24, 2.45) is 0 Å². The van der Waals surface area contributed by atoms with Gasteiger partial charge in [-0.1, -0.05) is 36.4 Å². The van der Waals surface area contributed by atoms with Gasteiger partial charge in [0.05, 0.1) is 12.7 Å². The molecular formula is C27H28F3N3O4S. The van der Waals surface area contributed by atoms with E-state index in [1.54, 1.807) is 15.9 Å². The van der Waals surface area contributed by atoms with Crippen molar-refractivity contribution in [2.45, 2.75) is 17.5 Å². The fraction of sp³-hybridized carbons (Fsp3) is 0.296. The molecule has 0 radical (unpaired) electrons. The lowest BCUT2D eigenvalue weighted by molar-refractivity contribution is -0.137. The van der Waals surface area contributed by atoms with Gasteiger partial charge in [-0.15, -0.1) is 0 Å². The van der Waals surface area contributed by atoms with Gasteiger partial charge in [-0.2, -0.15) is 13.2 Å². The number of hydrogen-bond acceptors (Lipinski definition) is 5. The Morgan fingerprint density at radius 3 is 2.32 bits per heavy atom. The molecule has 0 aliphatic carbocycles. The average molecular weight is 548 g/mol. The quantitative estimate of drug-likeness (QED) is 0.458. The molecule has 3 aromatic carbocycles. The second-order valence-corrected chi connectivity index (χ2v) is 10.6. The van der Waals surface area contributed by atoms with Crippen LogP contribution in [0.15, 0.2) is 77.7 Å². The molecule has 1 amide bonds. The van der Waals surface area contributed by atoms with E-state index in [4.69, 9.17) is 4.74 Å². The second kappa shape index (κ2) is 11.4. The van der Waals surface area contributed by atoms with Crippen molar-refractivity contribution >= 4 is 21.6 Å². The predicted octanol–water partition coefficient (Wildman–Crippen LogP) is 4.20. The van der Waals surface area contributed by atoms with E-state index in [0.29, 0.717) is 25.2 Å². The monoisotopic (exact) mass is 547 g/mol. The summed E-state index contributed by atoms with van der Waals surface area (Å²) in [7, 11) is -2.61. The molecule has 1 heterocycles. The van der Waals surface area contributed by atoms with Gasteiger partial charge in [-0.25, -0.2) is 13.1 Å². The number of anilines is 1. The maximum absolute atomic E-state index is 13.2. The minimum Gasteiger partial charge on any atom is -0.495 e. The number of rotatable bonds is 8. The molecule has 38 heavy (non-hydrogen) atoms. The number of halogens is 3. The number of methoxy groups -OCH3 is 1. The summed E-state index contributed by atoms with van der Waals surface area (Å²) < 4.78 is 73.1. The number of sulfonamides is 1. The molecule has 1 fully saturated rings. The van der Waals surface area contributed by atoms with E-state index in [1.165, 1.54) is 31.4 Å². The second-order valence-electron chi connectivity index (χ2n) is 8.83. The van der Waals surface area contributed by atoms with Gasteiger partial charge in [-0.3, -0.25) is 4.79 Å². The van der Waals surface area contributed by atoms with E-state index in [1.807, 2.05) is 30.3 Å². The zero-order valence-corrected chi connectivity index (χ0v) is 21.6. The van der Waals surface area contributed by atoms with Gasteiger partial charge in [0.2, 0.25) is 10.0 Å². The molecule has 11 heteroatoms. The molecule has 0 spiro atoms. The normalized spacial score (nSPS) is 14.4. The van der Waals surface area contributed by atoms with Gasteiger partial charge in [0.25, 0.3) is 5.91 Å². The Bertz CT molecular complexity index is 1370. The predicted molar refractivity (Wildman–Crippen MR) is 138 cm³/mol. The zero-order chi connectivity index (χ0) is 27.3. The molecule has 0 atom stereocenters. The third-order valence-electron chi connectivity index (χ3n) is 6.35. The Labute approximate surface area is 219 Å². The van der Waals surface area contributed by atoms with Crippen molar-refractivity contribution in [1.29, 1.82) is 0 Å². The molecule has 0 aromatic heterocycles. The molecule has 1 saturated heterocycles. The number of amides is 1. The van der Waals surface area contributed by atoms with E-state index < -0.39 is 21.8 Å². The lowest BCUT2D eigenvalue weighted by atomic mass is 10.1. The van der Waals surface area contributed by atoms with Crippen LogP contribution < -0.4 is 14.4 Å². The summed E-state index contributed by atoms with van der Waals surface area (Å²) in [5.41, 5.74) is 0.876. The topological polar surface area (TPSA) is 79.0 Å². The van der Waals surface area contributed by atoms with Crippen LogP contribution in [0.25, 0.3) is 0 Å². The van der Waals surface area contributed by atoms with Crippen molar-refractivity contribution in [3.8, 4) is 5.75 Å². The highest BCUT2D eigenvalue weighted by Crippen LogP contribution is 2.32. The summed E-state index contributed by atoms with van der Waals surface area (Å²) in [6.45, 7) is 1.41. The Morgan fingerprint density at radius 2 is 1.66 bits per heavy atom. The van der Waals surface area contributed by atoms with Crippen molar-refractivity contribution in [2.75, 3.05) is 44.7 Å². The zero-order valence-electron chi connectivity index (χ0n) is 20.7. The standard InChI is InChI=1S/C27H28F3N3O4S/c1-37-24-11-10-21(18-25(24)38(35,36)31-13-12-20-6-3-2-4-7-20)26(34)33-16-14-32(15-17-33)23-9-5-8-22(19-23)27(28,29)30/h2-11,18-19,31H,12-17H2,1H3. The number of ether oxygens (including phenoxy) is 1. The first-order valence-electron chi connectivity index (χ1n) is 12.0. The van der Waals surface area contributed by atoms with Crippen LogP contribution in [0, 0.1) is 0 Å². The van der Waals surface area contributed by atoms with Gasteiger partial charge in [0.1, 0.15) is 10.6 Å². The third kappa shape index (κ3) is 6.46. The minimum atomic E-state index is -4.43. The Kier molecular flexibility index (Phi) is 8.27. The van der Waals surface area contributed by atoms with Crippen molar-refractivity contribution in [1.82, 2.24) is 9.62 Å². The Morgan fingerprint density at radius 1 is 0.947 bits per heavy atom. The molecule has 1 N–H and O–H groups in total. The molecule has 202 valence electrons. The summed E-state index contributed by atoms with van der Waals surface area (Å²) in [4.78, 5) is 16.4. The van der Waals surface area contributed by atoms with Crippen LogP contribution in [0.4, 0.5) is 18.9 Å². The van der Waals surface area contributed by atoms with E-state index in [9.17, 15) is 26.4 Å². The first-order chi connectivity index (χ1) is 18.1. The first-order valence-corrected chi connectivity index (χ1v) is 13.5. The highest BCUT2D eigenvalue weighted by molar-refractivity contribution is 7.89. The third-order valence-corrected chi connectivity index (χ3v) is 7.84. The lowest BCUT2D eigenvalue weighted by Crippen LogP contribution is -2.48. The van der Waals surface area contributed by atoms with Crippen LogP contribution in [0.2, 0.25) is 0 Å². The van der Waals surface area contributed by atoms with Gasteiger partial charge in [0.15, 0.2) is 0 Å².